The summed E-state index contributed by atoms with van der Waals surface area (Å²) in [6, 6.07) is 13.5. The molecule has 0 aliphatic carbocycles. The summed E-state index contributed by atoms with van der Waals surface area (Å²) in [7, 11) is -3.89. The zero-order chi connectivity index (χ0) is 23.2. The lowest BCUT2D eigenvalue weighted by Crippen LogP contribution is -2.50. The van der Waals surface area contributed by atoms with Crippen LogP contribution in [0.15, 0.2) is 54.6 Å². The van der Waals surface area contributed by atoms with Gasteiger partial charge >= 0.3 is 0 Å². The molecule has 31 heavy (non-hydrogen) atoms. The summed E-state index contributed by atoms with van der Waals surface area (Å²) in [6.45, 7) is 5.80. The first-order valence-electron chi connectivity index (χ1n) is 10.1. The Hall–Kier alpha value is -2.94. The number of nitro benzene ring substituents is 1. The molecule has 0 spiro atoms. The van der Waals surface area contributed by atoms with Crippen LogP contribution in [0.3, 0.4) is 0 Å². The predicted octanol–water partition coefficient (Wildman–Crippen LogP) is 4.04. The van der Waals surface area contributed by atoms with Crippen molar-refractivity contribution in [2.45, 2.75) is 45.7 Å². The molecule has 1 amide bonds. The number of anilines is 1. The number of amides is 1. The Bertz CT molecular complexity index is 1010. The molecule has 0 saturated heterocycles. The second-order valence-electron chi connectivity index (χ2n) is 7.86. The van der Waals surface area contributed by atoms with Crippen LogP contribution in [0.4, 0.5) is 11.4 Å². The number of benzene rings is 2. The first-order chi connectivity index (χ1) is 14.5. The Kier molecular flexibility index (Phi) is 8.15. The van der Waals surface area contributed by atoms with Gasteiger partial charge in [-0.2, -0.15) is 0 Å². The number of nitrogens with zero attached hydrogens (tertiary/aromatic N) is 2. The van der Waals surface area contributed by atoms with Crippen LogP contribution in [0.25, 0.3) is 0 Å². The second kappa shape index (κ2) is 10.4. The lowest BCUT2D eigenvalue weighted by atomic mass is 9.96. The van der Waals surface area contributed by atoms with Crippen molar-refractivity contribution in [1.29, 1.82) is 0 Å². The number of nitrogens with one attached hydrogen (secondary N) is 1. The van der Waals surface area contributed by atoms with Crippen molar-refractivity contribution in [1.82, 2.24) is 5.32 Å². The zero-order valence-corrected chi connectivity index (χ0v) is 19.0. The SMILES string of the molecule is CC[C@H](C(=O)N[C@H](CC(C)C)c1ccccc1)N(c1cccc([N+](=O)[O-])c1)S(C)(=O)=O. The molecule has 9 heteroatoms. The molecular formula is C22H29N3O5S. The largest absolute Gasteiger partial charge is 0.347 e. The molecule has 2 aromatic rings. The van der Waals surface area contributed by atoms with E-state index in [2.05, 4.69) is 5.32 Å². The van der Waals surface area contributed by atoms with E-state index in [0.717, 1.165) is 16.1 Å². The minimum Gasteiger partial charge on any atom is -0.347 e. The van der Waals surface area contributed by atoms with Crippen molar-refractivity contribution in [3.8, 4) is 0 Å². The molecule has 1 N–H and O–H groups in total. The van der Waals surface area contributed by atoms with Crippen molar-refractivity contribution in [2.24, 2.45) is 5.92 Å². The fourth-order valence-electron chi connectivity index (χ4n) is 3.51. The van der Waals surface area contributed by atoms with Gasteiger partial charge in [-0.05, 0) is 30.4 Å². The molecule has 0 unspecified atom stereocenters. The van der Waals surface area contributed by atoms with E-state index in [1.807, 2.05) is 44.2 Å². The molecule has 0 bridgehead atoms. The summed E-state index contributed by atoms with van der Waals surface area (Å²) in [5, 5.41) is 14.2. The molecule has 0 aromatic heterocycles. The van der Waals surface area contributed by atoms with Crippen LogP contribution < -0.4 is 9.62 Å². The number of non-ortho nitro benzene ring substituents is 1. The van der Waals surface area contributed by atoms with Crippen LogP contribution in [0, 0.1) is 16.0 Å². The zero-order valence-electron chi connectivity index (χ0n) is 18.2. The third kappa shape index (κ3) is 6.52. The number of hydrogen-bond acceptors (Lipinski definition) is 5. The minimum atomic E-state index is -3.89. The van der Waals surface area contributed by atoms with Crippen molar-refractivity contribution in [3.05, 3.63) is 70.3 Å². The van der Waals surface area contributed by atoms with E-state index in [9.17, 15) is 23.3 Å². The summed E-state index contributed by atoms with van der Waals surface area (Å²) in [5.41, 5.74) is 0.767. The van der Waals surface area contributed by atoms with Crippen LogP contribution >= 0.6 is 0 Å². The molecule has 0 fully saturated rings. The Balaban J connectivity index is 2.42. The maximum Gasteiger partial charge on any atom is 0.271 e. The average Bonchev–Trinajstić information content (AvgIpc) is 2.70. The van der Waals surface area contributed by atoms with Gasteiger partial charge in [-0.3, -0.25) is 19.2 Å². The molecule has 2 aromatic carbocycles. The lowest BCUT2D eigenvalue weighted by molar-refractivity contribution is -0.384. The molecule has 8 nitrogen and oxygen atoms in total. The Morgan fingerprint density at radius 2 is 1.77 bits per heavy atom. The van der Waals surface area contributed by atoms with E-state index in [1.165, 1.54) is 24.3 Å². The van der Waals surface area contributed by atoms with Crippen molar-refractivity contribution >= 4 is 27.3 Å². The van der Waals surface area contributed by atoms with Gasteiger partial charge in [-0.15, -0.1) is 0 Å². The van der Waals surface area contributed by atoms with Gasteiger partial charge in [0.05, 0.1) is 22.9 Å². The highest BCUT2D eigenvalue weighted by Gasteiger charge is 2.33. The third-order valence-corrected chi connectivity index (χ3v) is 6.03. The van der Waals surface area contributed by atoms with Crippen LogP contribution in [-0.2, 0) is 14.8 Å². The van der Waals surface area contributed by atoms with E-state index in [-0.39, 0.29) is 23.8 Å². The first kappa shape index (κ1) is 24.3. The average molecular weight is 448 g/mol. The van der Waals surface area contributed by atoms with E-state index < -0.39 is 26.9 Å². The van der Waals surface area contributed by atoms with E-state index in [0.29, 0.717) is 12.3 Å². The topological polar surface area (TPSA) is 110 Å². The van der Waals surface area contributed by atoms with Crippen molar-refractivity contribution in [2.75, 3.05) is 10.6 Å². The fourth-order valence-corrected chi connectivity index (χ4v) is 4.71. The number of sulfonamides is 1. The van der Waals surface area contributed by atoms with Crippen LogP contribution in [-0.4, -0.2) is 31.5 Å². The summed E-state index contributed by atoms with van der Waals surface area (Å²) in [5.74, 6) is -0.151. The molecule has 0 aliphatic heterocycles. The third-order valence-electron chi connectivity index (χ3n) is 4.85. The van der Waals surface area contributed by atoms with Crippen LogP contribution in [0.2, 0.25) is 0 Å². The van der Waals surface area contributed by atoms with Gasteiger partial charge in [0.2, 0.25) is 15.9 Å². The Labute approximate surface area is 183 Å². The number of nitro groups is 1. The highest BCUT2D eigenvalue weighted by molar-refractivity contribution is 7.92. The maximum absolute atomic E-state index is 13.3. The van der Waals surface area contributed by atoms with Gasteiger partial charge in [0.25, 0.3) is 5.69 Å². The molecular weight excluding hydrogens is 418 g/mol. The minimum absolute atomic E-state index is 0.0822. The molecule has 0 aliphatic rings. The maximum atomic E-state index is 13.3. The van der Waals surface area contributed by atoms with Gasteiger partial charge in [-0.1, -0.05) is 57.2 Å². The summed E-state index contributed by atoms with van der Waals surface area (Å²) >= 11 is 0. The quantitative estimate of drug-likeness (QED) is 0.437. The van der Waals surface area contributed by atoms with Gasteiger partial charge in [-0.25, -0.2) is 8.42 Å². The fraction of sp³-hybridized carbons (Fsp3) is 0.409. The van der Waals surface area contributed by atoms with Gasteiger partial charge in [0.1, 0.15) is 6.04 Å². The van der Waals surface area contributed by atoms with E-state index >= 15 is 0 Å². The summed E-state index contributed by atoms with van der Waals surface area (Å²) in [6.07, 6.45) is 1.87. The molecule has 2 rings (SSSR count). The Morgan fingerprint density at radius 3 is 2.29 bits per heavy atom. The highest BCUT2D eigenvalue weighted by Crippen LogP contribution is 2.28. The molecule has 0 heterocycles. The molecule has 168 valence electrons. The van der Waals surface area contributed by atoms with Gasteiger partial charge in [0.15, 0.2) is 0 Å². The van der Waals surface area contributed by atoms with Crippen LogP contribution in [0.5, 0.6) is 0 Å². The van der Waals surface area contributed by atoms with Gasteiger partial charge in [0, 0.05) is 12.1 Å². The Morgan fingerprint density at radius 1 is 1.13 bits per heavy atom. The molecule has 0 saturated carbocycles. The molecule has 2 atom stereocenters. The van der Waals surface area contributed by atoms with Gasteiger partial charge < -0.3 is 5.32 Å². The van der Waals surface area contributed by atoms with Crippen molar-refractivity contribution < 1.29 is 18.1 Å². The highest BCUT2D eigenvalue weighted by atomic mass is 32.2. The number of hydrogen-bond donors (Lipinski definition) is 1. The van der Waals surface area contributed by atoms with Crippen LogP contribution in [0.1, 0.15) is 45.2 Å². The lowest BCUT2D eigenvalue weighted by Gasteiger charge is -2.32. The van der Waals surface area contributed by atoms with E-state index in [1.54, 1.807) is 6.92 Å². The van der Waals surface area contributed by atoms with Crippen molar-refractivity contribution in [3.63, 3.8) is 0 Å². The monoisotopic (exact) mass is 447 g/mol. The normalized spacial score (nSPS) is 13.5. The summed E-state index contributed by atoms with van der Waals surface area (Å²) in [4.78, 5) is 23.8. The summed E-state index contributed by atoms with van der Waals surface area (Å²) < 4.78 is 26.2. The number of rotatable bonds is 10. The number of carbonyl (C=O) groups excluding carboxylic acids is 1. The smallest absolute Gasteiger partial charge is 0.271 e. The predicted molar refractivity (Wildman–Crippen MR) is 121 cm³/mol. The number of carbonyl (C=O) groups is 1. The second-order valence-corrected chi connectivity index (χ2v) is 9.72. The molecule has 0 radical (unpaired) electrons. The standard InChI is InChI=1S/C22H29N3O5S/c1-5-21(22(26)23-20(14-16(2)3)17-10-7-6-8-11-17)24(31(4,29)30)18-12-9-13-19(15-18)25(27)28/h6-13,15-16,20-21H,5,14H2,1-4H3,(H,23,26)/t20-,21-/m1/s1. The van der Waals surface area contributed by atoms with E-state index in [4.69, 9.17) is 0 Å². The first-order valence-corrected chi connectivity index (χ1v) is 12.0.